The molecule has 1 aromatic rings. The molecule has 5 heteroatoms. The van der Waals surface area contributed by atoms with Gasteiger partial charge in [0.15, 0.2) is 0 Å². The molecule has 3 N–H and O–H groups in total. The van der Waals surface area contributed by atoms with E-state index in [2.05, 4.69) is 5.43 Å². The van der Waals surface area contributed by atoms with Crippen LogP contribution in [0.3, 0.4) is 0 Å². The third-order valence-electron chi connectivity index (χ3n) is 1.98. The highest BCUT2D eigenvalue weighted by atomic mass is 32.2. The number of hydrogen-bond donors (Lipinski definition) is 2. The second kappa shape index (κ2) is 6.05. The van der Waals surface area contributed by atoms with E-state index in [1.165, 1.54) is 12.1 Å². The number of rotatable bonds is 5. The number of hydrazine groups is 1. The van der Waals surface area contributed by atoms with Crippen LogP contribution in [0.15, 0.2) is 18.2 Å². The van der Waals surface area contributed by atoms with Crippen molar-refractivity contribution in [2.45, 2.75) is 13.0 Å². The Morgan fingerprint density at radius 3 is 2.40 bits per heavy atom. The first kappa shape index (κ1) is 12.4. The number of nitrogens with two attached hydrogens (primary N) is 1. The van der Waals surface area contributed by atoms with Crippen molar-refractivity contribution < 1.29 is 8.78 Å². The molecule has 84 valence electrons. The summed E-state index contributed by atoms with van der Waals surface area (Å²) in [4.78, 5) is 0. The lowest BCUT2D eigenvalue weighted by molar-refractivity contribution is 0.559. The molecule has 0 radical (unpaired) electrons. The Labute approximate surface area is 92.2 Å². The molecule has 1 rings (SSSR count). The van der Waals surface area contributed by atoms with Crippen LogP contribution in [0.4, 0.5) is 8.78 Å². The quantitative estimate of drug-likeness (QED) is 0.604. The lowest BCUT2D eigenvalue weighted by Gasteiger charge is -2.15. The number of thioether (sulfide) groups is 1. The van der Waals surface area contributed by atoms with Crippen molar-refractivity contribution in [2.24, 2.45) is 5.84 Å². The van der Waals surface area contributed by atoms with Gasteiger partial charge in [0.1, 0.15) is 11.6 Å². The maximum Gasteiger partial charge on any atom is 0.126 e. The third-order valence-corrected chi connectivity index (χ3v) is 2.95. The topological polar surface area (TPSA) is 38.0 Å². The van der Waals surface area contributed by atoms with Gasteiger partial charge in [-0.1, -0.05) is 6.92 Å². The van der Waals surface area contributed by atoms with Crippen LogP contribution in [-0.2, 0) is 0 Å². The molecule has 0 aliphatic heterocycles. The second-order valence-corrected chi connectivity index (χ2v) is 4.40. The smallest absolute Gasteiger partial charge is 0.126 e. The minimum Gasteiger partial charge on any atom is -0.271 e. The van der Waals surface area contributed by atoms with E-state index in [1.807, 2.05) is 6.92 Å². The Morgan fingerprint density at radius 1 is 1.33 bits per heavy atom. The van der Waals surface area contributed by atoms with Crippen molar-refractivity contribution in [1.82, 2.24) is 5.43 Å². The fraction of sp³-hybridized carbons (Fsp3) is 0.400. The molecule has 15 heavy (non-hydrogen) atoms. The van der Waals surface area contributed by atoms with Gasteiger partial charge in [0, 0.05) is 11.8 Å². The molecule has 0 amide bonds. The Bertz CT molecular complexity index is 300. The molecule has 1 aromatic carbocycles. The van der Waals surface area contributed by atoms with Crippen molar-refractivity contribution in [3.05, 3.63) is 35.4 Å². The van der Waals surface area contributed by atoms with Gasteiger partial charge in [-0.25, -0.2) is 8.78 Å². The highest BCUT2D eigenvalue weighted by molar-refractivity contribution is 7.99. The molecule has 0 fully saturated rings. The molecular weight excluding hydrogens is 218 g/mol. The minimum atomic E-state index is -0.577. The maximum atomic E-state index is 12.9. The first-order chi connectivity index (χ1) is 7.17. The molecule has 1 atom stereocenters. The summed E-state index contributed by atoms with van der Waals surface area (Å²) in [7, 11) is 0. The largest absolute Gasteiger partial charge is 0.271 e. The van der Waals surface area contributed by atoms with Gasteiger partial charge in [0.25, 0.3) is 0 Å². The van der Waals surface area contributed by atoms with Gasteiger partial charge in [0.05, 0.1) is 6.04 Å². The van der Waals surface area contributed by atoms with Gasteiger partial charge in [-0.3, -0.25) is 11.3 Å². The average Bonchev–Trinajstić information content (AvgIpc) is 2.17. The van der Waals surface area contributed by atoms with Gasteiger partial charge >= 0.3 is 0 Å². The molecule has 0 aliphatic carbocycles. The second-order valence-electron chi connectivity index (χ2n) is 3.08. The number of hydrogen-bond acceptors (Lipinski definition) is 3. The van der Waals surface area contributed by atoms with E-state index in [1.54, 1.807) is 11.8 Å². The van der Waals surface area contributed by atoms with Crippen LogP contribution < -0.4 is 11.3 Å². The van der Waals surface area contributed by atoms with Crippen molar-refractivity contribution in [3.8, 4) is 0 Å². The van der Waals surface area contributed by atoms with Gasteiger partial charge < -0.3 is 0 Å². The van der Waals surface area contributed by atoms with E-state index in [-0.39, 0.29) is 6.04 Å². The highest BCUT2D eigenvalue weighted by Crippen LogP contribution is 2.19. The van der Waals surface area contributed by atoms with Crippen molar-refractivity contribution in [2.75, 3.05) is 11.5 Å². The molecular formula is C10H14F2N2S. The van der Waals surface area contributed by atoms with Crippen LogP contribution >= 0.6 is 11.8 Å². The van der Waals surface area contributed by atoms with Crippen LogP contribution in [0.5, 0.6) is 0 Å². The van der Waals surface area contributed by atoms with E-state index in [9.17, 15) is 8.78 Å². The summed E-state index contributed by atoms with van der Waals surface area (Å²) in [6.45, 7) is 2.02. The summed E-state index contributed by atoms with van der Waals surface area (Å²) >= 11 is 1.66. The highest BCUT2D eigenvalue weighted by Gasteiger charge is 2.11. The average molecular weight is 232 g/mol. The SMILES string of the molecule is CCSCC(NN)c1cc(F)cc(F)c1. The zero-order valence-electron chi connectivity index (χ0n) is 8.47. The summed E-state index contributed by atoms with van der Waals surface area (Å²) in [5.74, 6) is 5.81. The van der Waals surface area contributed by atoms with Gasteiger partial charge in [-0.15, -0.1) is 0 Å². The van der Waals surface area contributed by atoms with Crippen molar-refractivity contribution in [3.63, 3.8) is 0 Å². The molecule has 0 heterocycles. The van der Waals surface area contributed by atoms with Crippen LogP contribution in [0.2, 0.25) is 0 Å². The Kier molecular flexibility index (Phi) is 5.01. The Balaban J connectivity index is 2.81. The zero-order valence-corrected chi connectivity index (χ0v) is 9.28. The third kappa shape index (κ3) is 3.77. The maximum absolute atomic E-state index is 12.9. The van der Waals surface area contributed by atoms with E-state index < -0.39 is 11.6 Å². The molecule has 0 spiro atoms. The van der Waals surface area contributed by atoms with Crippen molar-refractivity contribution >= 4 is 11.8 Å². The van der Waals surface area contributed by atoms with E-state index >= 15 is 0 Å². The Morgan fingerprint density at radius 2 is 1.93 bits per heavy atom. The van der Waals surface area contributed by atoms with Gasteiger partial charge in [-0.05, 0) is 23.4 Å². The molecule has 0 aliphatic rings. The van der Waals surface area contributed by atoms with Crippen LogP contribution in [0, 0.1) is 11.6 Å². The monoisotopic (exact) mass is 232 g/mol. The summed E-state index contributed by atoms with van der Waals surface area (Å²) in [5.41, 5.74) is 3.09. The predicted molar refractivity (Wildman–Crippen MR) is 59.4 cm³/mol. The molecule has 0 bridgehead atoms. The minimum absolute atomic E-state index is 0.222. The van der Waals surface area contributed by atoms with Crippen LogP contribution in [0.1, 0.15) is 18.5 Å². The predicted octanol–water partition coefficient (Wildman–Crippen LogP) is 2.22. The summed E-state index contributed by atoms with van der Waals surface area (Å²) in [6.07, 6.45) is 0. The number of halogens is 2. The fourth-order valence-corrected chi connectivity index (χ4v) is 2.01. The normalized spacial score (nSPS) is 12.8. The molecule has 0 saturated heterocycles. The van der Waals surface area contributed by atoms with Gasteiger partial charge in [0.2, 0.25) is 0 Å². The molecule has 0 saturated carbocycles. The van der Waals surface area contributed by atoms with E-state index in [4.69, 9.17) is 5.84 Å². The van der Waals surface area contributed by atoms with Gasteiger partial charge in [-0.2, -0.15) is 11.8 Å². The molecule has 1 unspecified atom stereocenters. The number of benzene rings is 1. The van der Waals surface area contributed by atoms with E-state index in [0.717, 1.165) is 11.8 Å². The molecule has 2 nitrogen and oxygen atoms in total. The van der Waals surface area contributed by atoms with E-state index in [0.29, 0.717) is 11.3 Å². The zero-order chi connectivity index (χ0) is 11.3. The summed E-state index contributed by atoms with van der Waals surface area (Å²) in [5, 5.41) is 0. The lowest BCUT2D eigenvalue weighted by atomic mass is 10.1. The van der Waals surface area contributed by atoms with Crippen LogP contribution in [0.25, 0.3) is 0 Å². The molecule has 0 aromatic heterocycles. The standard InChI is InChI=1S/C10H14F2N2S/c1-2-15-6-10(14-13)7-3-8(11)5-9(12)4-7/h3-5,10,14H,2,6,13H2,1H3. The fourth-order valence-electron chi connectivity index (χ4n) is 1.25. The summed E-state index contributed by atoms with van der Waals surface area (Å²) in [6, 6.07) is 3.22. The first-order valence-electron chi connectivity index (χ1n) is 4.67. The number of nitrogens with one attached hydrogen (secondary N) is 1. The first-order valence-corrected chi connectivity index (χ1v) is 5.82. The van der Waals surface area contributed by atoms with Crippen LogP contribution in [-0.4, -0.2) is 11.5 Å². The lowest BCUT2D eigenvalue weighted by Crippen LogP contribution is -2.29. The Hall–Kier alpha value is -0.650. The van der Waals surface area contributed by atoms with Crippen molar-refractivity contribution in [1.29, 1.82) is 0 Å². The summed E-state index contributed by atoms with van der Waals surface area (Å²) < 4.78 is 25.9.